The quantitative estimate of drug-likeness (QED) is 0.808. The number of fused-ring (bicyclic) bond motifs is 1. The summed E-state index contributed by atoms with van der Waals surface area (Å²) in [5.41, 5.74) is 1.46. The van der Waals surface area contributed by atoms with Crippen LogP contribution in [-0.2, 0) is 4.79 Å². The van der Waals surface area contributed by atoms with E-state index in [1.54, 1.807) is 12.1 Å². The molecule has 0 fully saturated rings. The average Bonchev–Trinajstić information content (AvgIpc) is 2.70. The van der Waals surface area contributed by atoms with Crippen molar-refractivity contribution >= 4 is 46.4 Å². The molecule has 0 aliphatic carbocycles. The van der Waals surface area contributed by atoms with Crippen LogP contribution < -0.4 is 5.32 Å². The van der Waals surface area contributed by atoms with Gasteiger partial charge in [0.1, 0.15) is 5.82 Å². The van der Waals surface area contributed by atoms with E-state index in [0.29, 0.717) is 16.4 Å². The summed E-state index contributed by atoms with van der Waals surface area (Å²) in [6.45, 7) is 0. The molecular formula is C14H7Cl2FN2O. The lowest BCUT2D eigenvalue weighted by molar-refractivity contribution is -0.110. The zero-order valence-corrected chi connectivity index (χ0v) is 11.5. The minimum atomic E-state index is -0.572. The molecule has 3 rings (SSSR count). The monoisotopic (exact) mass is 308 g/mol. The van der Waals surface area contributed by atoms with Gasteiger partial charge in [-0.15, -0.1) is 0 Å². The number of anilines is 1. The van der Waals surface area contributed by atoms with Crippen molar-refractivity contribution in [2.45, 2.75) is 0 Å². The topological polar surface area (TPSA) is 42.0 Å². The van der Waals surface area contributed by atoms with Gasteiger partial charge in [0.2, 0.25) is 0 Å². The van der Waals surface area contributed by atoms with E-state index in [2.05, 4.69) is 10.3 Å². The summed E-state index contributed by atoms with van der Waals surface area (Å²) in [4.78, 5) is 16.0. The molecule has 0 saturated heterocycles. The molecule has 1 N–H and O–H groups in total. The molecule has 100 valence electrons. The van der Waals surface area contributed by atoms with Gasteiger partial charge in [0.15, 0.2) is 0 Å². The number of aromatic nitrogens is 1. The molecule has 0 atom stereocenters. The molecule has 6 heteroatoms. The number of hydrogen-bond donors (Lipinski definition) is 1. The van der Waals surface area contributed by atoms with Gasteiger partial charge in [-0.2, -0.15) is 0 Å². The summed E-state index contributed by atoms with van der Waals surface area (Å²) >= 11 is 11.5. The van der Waals surface area contributed by atoms with E-state index in [-0.39, 0.29) is 22.1 Å². The van der Waals surface area contributed by atoms with Crippen molar-refractivity contribution in [3.63, 3.8) is 0 Å². The number of benzene rings is 1. The third-order valence-corrected chi connectivity index (χ3v) is 3.38. The highest BCUT2D eigenvalue weighted by Crippen LogP contribution is 2.33. The van der Waals surface area contributed by atoms with Crippen LogP contribution in [0.4, 0.5) is 10.1 Å². The number of halogens is 3. The molecule has 1 amide bonds. The fourth-order valence-electron chi connectivity index (χ4n) is 1.97. The first-order valence-electron chi connectivity index (χ1n) is 5.69. The number of nitrogens with one attached hydrogen (secondary N) is 1. The second kappa shape index (κ2) is 4.89. The Hall–Kier alpha value is -1.91. The van der Waals surface area contributed by atoms with Gasteiger partial charge in [0, 0.05) is 11.8 Å². The van der Waals surface area contributed by atoms with E-state index in [1.807, 2.05) is 0 Å². The number of hydrogen-bond acceptors (Lipinski definition) is 2. The van der Waals surface area contributed by atoms with Crippen LogP contribution in [0.2, 0.25) is 10.0 Å². The Morgan fingerprint density at radius 3 is 2.90 bits per heavy atom. The molecule has 1 aromatic heterocycles. The Balaban J connectivity index is 2.14. The summed E-state index contributed by atoms with van der Waals surface area (Å²) in [5.74, 6) is -0.925. The van der Waals surface area contributed by atoms with Gasteiger partial charge in [-0.25, -0.2) is 4.39 Å². The molecule has 2 aromatic rings. The van der Waals surface area contributed by atoms with Crippen LogP contribution in [0.1, 0.15) is 11.3 Å². The molecule has 0 radical (unpaired) electrons. The first kappa shape index (κ1) is 13.1. The van der Waals surface area contributed by atoms with Gasteiger partial charge < -0.3 is 5.32 Å². The zero-order chi connectivity index (χ0) is 14.3. The van der Waals surface area contributed by atoms with Crippen LogP contribution in [-0.4, -0.2) is 10.9 Å². The van der Waals surface area contributed by atoms with Crippen LogP contribution in [0, 0.1) is 5.82 Å². The number of carbonyl (C=O) groups excluding carboxylic acids is 1. The van der Waals surface area contributed by atoms with Crippen molar-refractivity contribution in [1.29, 1.82) is 0 Å². The van der Waals surface area contributed by atoms with Crippen molar-refractivity contribution in [3.8, 4) is 0 Å². The van der Waals surface area contributed by atoms with Crippen LogP contribution in [0.15, 0.2) is 30.5 Å². The molecule has 1 aromatic carbocycles. The van der Waals surface area contributed by atoms with Gasteiger partial charge in [-0.1, -0.05) is 35.3 Å². The summed E-state index contributed by atoms with van der Waals surface area (Å²) in [5, 5.41) is 3.05. The van der Waals surface area contributed by atoms with Crippen molar-refractivity contribution in [1.82, 2.24) is 4.98 Å². The normalized spacial score (nSPS) is 15.3. The predicted octanol–water partition coefficient (Wildman–Crippen LogP) is 4.02. The van der Waals surface area contributed by atoms with Crippen LogP contribution in [0.25, 0.3) is 11.6 Å². The fraction of sp³-hybridized carbons (Fsp3) is 0. The third kappa shape index (κ3) is 2.17. The van der Waals surface area contributed by atoms with Crippen LogP contribution >= 0.6 is 23.2 Å². The predicted molar refractivity (Wildman–Crippen MR) is 77.2 cm³/mol. The fourth-order valence-corrected chi connectivity index (χ4v) is 2.31. The van der Waals surface area contributed by atoms with Crippen molar-refractivity contribution in [3.05, 3.63) is 57.6 Å². The number of nitrogens with zero attached hydrogens (tertiary/aromatic N) is 1. The minimum Gasteiger partial charge on any atom is -0.320 e. The molecule has 2 heterocycles. The first-order valence-corrected chi connectivity index (χ1v) is 6.45. The summed E-state index contributed by atoms with van der Waals surface area (Å²) in [6, 6.07) is 6.19. The van der Waals surface area contributed by atoms with Gasteiger partial charge in [0.05, 0.1) is 27.0 Å². The van der Waals surface area contributed by atoms with Crippen LogP contribution in [0.5, 0.6) is 0 Å². The third-order valence-electron chi connectivity index (χ3n) is 2.88. The lowest BCUT2D eigenvalue weighted by atomic mass is 10.1. The van der Waals surface area contributed by atoms with E-state index < -0.39 is 5.82 Å². The summed E-state index contributed by atoms with van der Waals surface area (Å²) < 4.78 is 13.9. The average molecular weight is 309 g/mol. The largest absolute Gasteiger partial charge is 0.320 e. The molecule has 20 heavy (non-hydrogen) atoms. The number of rotatable bonds is 1. The second-order valence-electron chi connectivity index (χ2n) is 4.20. The standard InChI is InChI=1S/C14H7Cl2FN2O/c15-8-5-11-13(18-6-8)9(14(20)19-11)4-7-2-1-3-10(16)12(7)17/h1-6H,(H,19,20)/b9-4+. The Morgan fingerprint density at radius 2 is 2.10 bits per heavy atom. The Morgan fingerprint density at radius 1 is 1.30 bits per heavy atom. The van der Waals surface area contributed by atoms with Gasteiger partial charge >= 0.3 is 0 Å². The highest BCUT2D eigenvalue weighted by molar-refractivity contribution is 6.36. The molecule has 0 bridgehead atoms. The smallest absolute Gasteiger partial charge is 0.258 e. The molecule has 1 aliphatic heterocycles. The van der Waals surface area contributed by atoms with Crippen molar-refractivity contribution in [2.24, 2.45) is 0 Å². The van der Waals surface area contributed by atoms with E-state index in [4.69, 9.17) is 23.2 Å². The van der Waals surface area contributed by atoms with E-state index >= 15 is 0 Å². The Kier molecular flexibility index (Phi) is 3.20. The Bertz CT molecular complexity index is 759. The summed E-state index contributed by atoms with van der Waals surface area (Å²) in [6.07, 6.45) is 2.85. The van der Waals surface area contributed by atoms with E-state index in [1.165, 1.54) is 24.4 Å². The molecule has 3 nitrogen and oxygen atoms in total. The molecule has 0 saturated carbocycles. The lowest BCUT2D eigenvalue weighted by Gasteiger charge is -2.01. The minimum absolute atomic E-state index is 0.00189. The van der Waals surface area contributed by atoms with E-state index in [0.717, 1.165) is 0 Å². The number of amides is 1. The molecule has 0 spiro atoms. The van der Waals surface area contributed by atoms with Crippen LogP contribution in [0.3, 0.4) is 0 Å². The van der Waals surface area contributed by atoms with Crippen molar-refractivity contribution < 1.29 is 9.18 Å². The van der Waals surface area contributed by atoms with Gasteiger partial charge in [-0.3, -0.25) is 9.78 Å². The SMILES string of the molecule is O=C1Nc2cc(Cl)cnc2/C1=C\c1cccc(Cl)c1F. The molecular weight excluding hydrogens is 302 g/mol. The van der Waals surface area contributed by atoms with E-state index in [9.17, 15) is 9.18 Å². The summed E-state index contributed by atoms with van der Waals surface area (Å²) in [7, 11) is 0. The maximum atomic E-state index is 13.9. The number of carbonyl (C=O) groups is 1. The van der Waals surface area contributed by atoms with Gasteiger partial charge in [0.25, 0.3) is 5.91 Å². The highest BCUT2D eigenvalue weighted by Gasteiger charge is 2.26. The van der Waals surface area contributed by atoms with Crippen molar-refractivity contribution in [2.75, 3.05) is 5.32 Å². The molecule has 0 unspecified atom stereocenters. The maximum absolute atomic E-state index is 13.9. The first-order chi connectivity index (χ1) is 9.56. The van der Waals surface area contributed by atoms with Gasteiger partial charge in [-0.05, 0) is 18.2 Å². The second-order valence-corrected chi connectivity index (χ2v) is 5.05. The lowest BCUT2D eigenvalue weighted by Crippen LogP contribution is -2.03. The molecule has 1 aliphatic rings. The highest BCUT2D eigenvalue weighted by atomic mass is 35.5. The maximum Gasteiger partial charge on any atom is 0.258 e. The Labute approximate surface area is 124 Å². The number of pyridine rings is 1. The zero-order valence-electron chi connectivity index (χ0n) is 9.95.